The Hall–Kier alpha value is -7.41. The minimum atomic E-state index is -0.446. The van der Waals surface area contributed by atoms with Gasteiger partial charge in [-0.2, -0.15) is 0 Å². The third-order valence-electron chi connectivity index (χ3n) is 10.8. The van der Waals surface area contributed by atoms with Gasteiger partial charge < -0.3 is 21.0 Å². The van der Waals surface area contributed by atoms with E-state index in [2.05, 4.69) is 172 Å². The number of rotatable bonds is 12. The molecule has 4 N–H and O–H groups in total. The molecule has 1 unspecified atom stereocenters. The predicted octanol–water partition coefficient (Wildman–Crippen LogP) is 12.0. The van der Waals surface area contributed by atoms with Crippen molar-refractivity contribution >= 4 is 49.4 Å². The zero-order chi connectivity index (χ0) is 40.0. The Balaban J connectivity index is 1.15. The monoisotopic (exact) mass is 766 g/mol. The molecule has 288 valence electrons. The van der Waals surface area contributed by atoms with Crippen LogP contribution in [0.1, 0.15) is 29.8 Å². The van der Waals surface area contributed by atoms with Gasteiger partial charge in [-0.25, -0.2) is 0 Å². The molecule has 0 radical (unpaired) electrons. The zero-order valence-electron chi connectivity index (χ0n) is 33.0. The Morgan fingerprint density at radius 1 is 0.610 bits per heavy atom. The first-order valence-corrected chi connectivity index (χ1v) is 20.2. The fourth-order valence-corrected chi connectivity index (χ4v) is 8.09. The summed E-state index contributed by atoms with van der Waals surface area (Å²) in [7, 11) is 0. The summed E-state index contributed by atoms with van der Waals surface area (Å²) in [6.07, 6.45) is 11.9. The van der Waals surface area contributed by atoms with E-state index in [1.807, 2.05) is 61.5 Å². The second kappa shape index (κ2) is 17.0. The van der Waals surface area contributed by atoms with Crippen LogP contribution in [0.4, 0.5) is 0 Å². The van der Waals surface area contributed by atoms with Crippen molar-refractivity contribution in [2.75, 3.05) is 12.0 Å². The predicted molar refractivity (Wildman–Crippen MR) is 250 cm³/mol. The van der Waals surface area contributed by atoms with E-state index in [9.17, 15) is 0 Å². The molecule has 7 aromatic carbocycles. The Kier molecular flexibility index (Phi) is 10.7. The van der Waals surface area contributed by atoms with Crippen LogP contribution >= 0.6 is 0 Å². The molecule has 0 bridgehead atoms. The van der Waals surface area contributed by atoms with Crippen molar-refractivity contribution in [2.24, 2.45) is 10.7 Å². The molecule has 59 heavy (non-hydrogen) atoms. The van der Waals surface area contributed by atoms with E-state index in [-0.39, 0.29) is 0 Å². The number of nitrogens with zero attached hydrogens (tertiary/aromatic N) is 3. The van der Waals surface area contributed by atoms with Gasteiger partial charge in [-0.1, -0.05) is 170 Å². The maximum Gasteiger partial charge on any atom is 0.130 e. The SMILES string of the molecule is C\C=C/C=C\C=C\CNn1c2ccccc2c2c3c4ccccc4n(-c4ccccc4C/N=C(\NC(N)c4ccccc4)c4cccc(-c5ccccc5)c4)c3ccc21. The van der Waals surface area contributed by atoms with Gasteiger partial charge in [0.1, 0.15) is 12.0 Å². The molecule has 0 aliphatic rings. The van der Waals surface area contributed by atoms with Gasteiger partial charge in [0.15, 0.2) is 0 Å². The summed E-state index contributed by atoms with van der Waals surface area (Å²) in [5.74, 6) is 0.738. The van der Waals surface area contributed by atoms with E-state index in [4.69, 9.17) is 10.7 Å². The molecule has 0 spiro atoms. The summed E-state index contributed by atoms with van der Waals surface area (Å²) < 4.78 is 4.65. The third kappa shape index (κ3) is 7.45. The van der Waals surface area contributed by atoms with Crippen molar-refractivity contribution in [2.45, 2.75) is 19.6 Å². The van der Waals surface area contributed by atoms with E-state index in [1.165, 1.54) is 21.5 Å². The largest absolute Gasteiger partial charge is 0.351 e. The first-order chi connectivity index (χ1) is 29.2. The molecule has 0 fully saturated rings. The van der Waals surface area contributed by atoms with Gasteiger partial charge in [0.05, 0.1) is 34.3 Å². The fraction of sp³-hybridized carbons (Fsp3) is 0.0755. The van der Waals surface area contributed by atoms with Crippen molar-refractivity contribution < 1.29 is 0 Å². The van der Waals surface area contributed by atoms with Gasteiger partial charge in [0.25, 0.3) is 0 Å². The number of hydrogen-bond donors (Lipinski definition) is 3. The van der Waals surface area contributed by atoms with Crippen molar-refractivity contribution in [3.63, 3.8) is 0 Å². The molecule has 6 nitrogen and oxygen atoms in total. The van der Waals surface area contributed by atoms with Crippen molar-refractivity contribution in [1.82, 2.24) is 14.6 Å². The van der Waals surface area contributed by atoms with E-state index < -0.39 is 6.17 Å². The standard InChI is InChI=1S/C53H46N6/c1-2-3-4-5-6-19-35-56-59-47-32-18-15-29-44(47)51-49(59)34-33-48-50(51)43-28-14-17-31-46(43)58(48)45-30-16-13-25-42(45)37-55-53(57-52(54)39-23-11-8-12-24-39)41-27-20-26-40(36-41)38-21-9-7-10-22-38/h2-34,36,52,56H,35,37,54H2,1H3,(H,55,57)/b3-2-,5-4-,19-6+. The lowest BCUT2D eigenvalue weighted by Crippen LogP contribution is -2.34. The lowest BCUT2D eigenvalue weighted by atomic mass is 10.0. The lowest BCUT2D eigenvalue weighted by Gasteiger charge is -2.19. The van der Waals surface area contributed by atoms with Crippen LogP contribution in [0.25, 0.3) is 60.4 Å². The van der Waals surface area contributed by atoms with E-state index in [0.29, 0.717) is 13.1 Å². The molecule has 2 heterocycles. The topological polar surface area (TPSA) is 72.3 Å². The first kappa shape index (κ1) is 37.2. The van der Waals surface area contributed by atoms with Gasteiger partial charge >= 0.3 is 0 Å². The van der Waals surface area contributed by atoms with Crippen LogP contribution in [0, 0.1) is 0 Å². The van der Waals surface area contributed by atoms with Gasteiger partial charge in [0, 0.05) is 33.7 Å². The van der Waals surface area contributed by atoms with E-state index in [1.54, 1.807) is 0 Å². The molecule has 9 aromatic rings. The summed E-state index contributed by atoms with van der Waals surface area (Å²) in [4.78, 5) is 5.33. The Morgan fingerprint density at radius 3 is 2.07 bits per heavy atom. The number of benzene rings is 7. The van der Waals surface area contributed by atoms with Crippen LogP contribution in [0.15, 0.2) is 211 Å². The number of amidine groups is 1. The maximum atomic E-state index is 6.82. The molecule has 9 rings (SSSR count). The van der Waals surface area contributed by atoms with Crippen LogP contribution in [-0.2, 0) is 6.54 Å². The van der Waals surface area contributed by atoms with Crippen molar-refractivity contribution in [3.8, 4) is 16.8 Å². The Morgan fingerprint density at radius 2 is 1.25 bits per heavy atom. The molecule has 0 aliphatic carbocycles. The van der Waals surface area contributed by atoms with Crippen molar-refractivity contribution in [3.05, 3.63) is 223 Å². The Labute approximate surface area is 344 Å². The second-order valence-electron chi connectivity index (χ2n) is 14.5. The number of nitrogens with one attached hydrogen (secondary N) is 2. The molecule has 6 heteroatoms. The lowest BCUT2D eigenvalue weighted by molar-refractivity contribution is 0.679. The number of allylic oxidation sites excluding steroid dienone is 5. The van der Waals surface area contributed by atoms with Crippen LogP contribution in [0.2, 0.25) is 0 Å². The second-order valence-corrected chi connectivity index (χ2v) is 14.5. The highest BCUT2D eigenvalue weighted by molar-refractivity contribution is 6.28. The van der Waals surface area contributed by atoms with Crippen LogP contribution in [0.3, 0.4) is 0 Å². The number of fused-ring (bicyclic) bond motifs is 7. The zero-order valence-corrected chi connectivity index (χ0v) is 33.0. The Bertz CT molecular complexity index is 3020. The normalized spacial score (nSPS) is 12.9. The average molecular weight is 767 g/mol. The van der Waals surface area contributed by atoms with Gasteiger partial charge in [-0.15, -0.1) is 0 Å². The summed E-state index contributed by atoms with van der Waals surface area (Å²) >= 11 is 0. The van der Waals surface area contributed by atoms with E-state index >= 15 is 0 Å². The van der Waals surface area contributed by atoms with E-state index in [0.717, 1.165) is 61.4 Å². The highest BCUT2D eigenvalue weighted by atomic mass is 15.4. The van der Waals surface area contributed by atoms with Crippen molar-refractivity contribution in [1.29, 1.82) is 0 Å². The van der Waals surface area contributed by atoms with Gasteiger partial charge in [-0.05, 0) is 65.6 Å². The summed E-state index contributed by atoms with van der Waals surface area (Å²) in [6.45, 7) is 3.14. The number of para-hydroxylation sites is 3. The molecule has 0 amide bonds. The minimum Gasteiger partial charge on any atom is -0.351 e. The van der Waals surface area contributed by atoms with Gasteiger partial charge in [0.2, 0.25) is 0 Å². The van der Waals surface area contributed by atoms with Crippen LogP contribution in [0.5, 0.6) is 0 Å². The molecule has 2 aromatic heterocycles. The minimum absolute atomic E-state index is 0.437. The number of aliphatic imine (C=N–C) groups is 1. The average Bonchev–Trinajstić information content (AvgIpc) is 3.80. The summed E-state index contributed by atoms with van der Waals surface area (Å²) in [5, 5.41) is 8.46. The van der Waals surface area contributed by atoms with Gasteiger partial charge in [-0.3, -0.25) is 9.67 Å². The number of hydrogen-bond acceptors (Lipinski definition) is 3. The molecular formula is C53H46N6. The molecular weight excluding hydrogens is 721 g/mol. The highest BCUT2D eigenvalue weighted by Crippen LogP contribution is 2.41. The number of nitrogens with two attached hydrogens (primary N) is 1. The summed E-state index contributed by atoms with van der Waals surface area (Å²) in [6, 6.07) is 59.6. The third-order valence-corrected chi connectivity index (χ3v) is 10.8. The maximum absolute atomic E-state index is 6.82. The number of aromatic nitrogens is 2. The first-order valence-electron chi connectivity index (χ1n) is 20.2. The molecule has 0 aliphatic heterocycles. The molecule has 0 saturated carbocycles. The van der Waals surface area contributed by atoms with Crippen LogP contribution in [-0.4, -0.2) is 21.6 Å². The quantitative estimate of drug-likeness (QED) is 0.0502. The fourth-order valence-electron chi connectivity index (χ4n) is 8.09. The smallest absolute Gasteiger partial charge is 0.130 e. The summed E-state index contributed by atoms with van der Waals surface area (Å²) in [5.41, 5.74) is 21.5. The highest BCUT2D eigenvalue weighted by Gasteiger charge is 2.21. The molecule has 0 saturated heterocycles. The van der Waals surface area contributed by atoms with Crippen LogP contribution < -0.4 is 16.5 Å². The molecule has 1 atom stereocenters.